The number of fused-ring (bicyclic) bond motifs is 1. The van der Waals surface area contributed by atoms with Crippen LogP contribution in [0.3, 0.4) is 0 Å². The zero-order valence-electron chi connectivity index (χ0n) is 9.82. The van der Waals surface area contributed by atoms with E-state index in [0.29, 0.717) is 24.3 Å². The van der Waals surface area contributed by atoms with Crippen molar-refractivity contribution in [3.05, 3.63) is 23.9 Å². The Kier molecular flexibility index (Phi) is 3.27. The maximum atomic E-state index is 7.60. The molecule has 1 aromatic heterocycles. The first-order chi connectivity index (χ1) is 8.24. The molecule has 5 nitrogen and oxygen atoms in total. The van der Waals surface area contributed by atoms with Crippen molar-refractivity contribution in [3.8, 4) is 5.75 Å². The summed E-state index contributed by atoms with van der Waals surface area (Å²) < 4.78 is 15.4. The van der Waals surface area contributed by atoms with E-state index in [4.69, 9.17) is 19.4 Å². The van der Waals surface area contributed by atoms with E-state index >= 15 is 0 Å². The molecule has 2 aromatic rings. The maximum Gasteiger partial charge on any atom is 0.186 e. The third-order valence-corrected chi connectivity index (χ3v) is 2.40. The van der Waals surface area contributed by atoms with Gasteiger partial charge in [-0.15, -0.1) is 0 Å². The predicted molar refractivity (Wildman–Crippen MR) is 63.6 cm³/mol. The number of rotatable bonds is 4. The number of hydrogen-bond donors (Lipinski definition) is 1. The Morgan fingerprint density at radius 2 is 2.29 bits per heavy atom. The molecule has 0 aliphatic rings. The molecular formula is C12H14N2O3. The lowest BCUT2D eigenvalue weighted by molar-refractivity contribution is 0.315. The number of methoxy groups -OCH3 is 1. The molecule has 0 saturated heterocycles. The molecule has 0 amide bonds. The average Bonchev–Trinajstić information content (AvgIpc) is 2.72. The van der Waals surface area contributed by atoms with Crippen LogP contribution in [0.4, 0.5) is 0 Å². The van der Waals surface area contributed by atoms with Gasteiger partial charge in [0.25, 0.3) is 0 Å². The third-order valence-electron chi connectivity index (χ3n) is 2.40. The minimum atomic E-state index is 0.186. The second-order valence-corrected chi connectivity index (χ2v) is 3.52. The van der Waals surface area contributed by atoms with Crippen LogP contribution in [0.2, 0.25) is 0 Å². The number of hydrogen-bond acceptors (Lipinski definition) is 5. The monoisotopic (exact) mass is 234 g/mol. The summed E-state index contributed by atoms with van der Waals surface area (Å²) in [6.45, 7) is 2.33. The third kappa shape index (κ3) is 2.38. The normalized spacial score (nSPS) is 10.5. The quantitative estimate of drug-likeness (QED) is 0.651. The highest BCUT2D eigenvalue weighted by Gasteiger charge is 2.11. The Balaban J connectivity index is 2.30. The average molecular weight is 234 g/mol. The molecule has 0 saturated carbocycles. The van der Waals surface area contributed by atoms with Crippen molar-refractivity contribution in [1.82, 2.24) is 5.16 Å². The standard InChI is InChI=1S/C12H14N2O3/c1-3-16-12(13)7-10-9-6-8(15-2)4-5-11(9)17-14-10/h4-6,13H,3,7H2,1-2H3. The van der Waals surface area contributed by atoms with Gasteiger partial charge in [-0.3, -0.25) is 5.41 Å². The molecule has 0 spiro atoms. The molecule has 0 atom stereocenters. The van der Waals surface area contributed by atoms with Gasteiger partial charge in [-0.1, -0.05) is 5.16 Å². The van der Waals surface area contributed by atoms with Crippen LogP contribution >= 0.6 is 0 Å². The van der Waals surface area contributed by atoms with Gasteiger partial charge >= 0.3 is 0 Å². The lowest BCUT2D eigenvalue weighted by Crippen LogP contribution is -2.06. The molecule has 0 aliphatic carbocycles. The molecule has 90 valence electrons. The fourth-order valence-corrected chi connectivity index (χ4v) is 1.60. The van der Waals surface area contributed by atoms with Crippen LogP contribution in [0.5, 0.6) is 5.75 Å². The summed E-state index contributed by atoms with van der Waals surface area (Å²) in [5.74, 6) is 0.926. The fraction of sp³-hybridized carbons (Fsp3) is 0.333. The molecule has 0 aliphatic heterocycles. The number of aromatic nitrogens is 1. The van der Waals surface area contributed by atoms with E-state index in [1.807, 2.05) is 19.1 Å². The minimum Gasteiger partial charge on any atom is -0.497 e. The largest absolute Gasteiger partial charge is 0.497 e. The van der Waals surface area contributed by atoms with Crippen LogP contribution in [0.1, 0.15) is 12.6 Å². The summed E-state index contributed by atoms with van der Waals surface area (Å²) >= 11 is 0. The smallest absolute Gasteiger partial charge is 0.186 e. The highest BCUT2D eigenvalue weighted by Crippen LogP contribution is 2.24. The molecule has 1 aromatic carbocycles. The Labute approximate surface area is 98.8 Å². The molecule has 5 heteroatoms. The first-order valence-electron chi connectivity index (χ1n) is 5.37. The number of ether oxygens (including phenoxy) is 2. The molecule has 0 radical (unpaired) electrons. The number of nitrogens with zero attached hydrogens (tertiary/aromatic N) is 1. The van der Waals surface area contributed by atoms with E-state index in [1.54, 1.807) is 13.2 Å². The zero-order chi connectivity index (χ0) is 12.3. The Hall–Kier alpha value is -2.04. The molecule has 0 unspecified atom stereocenters. The highest BCUT2D eigenvalue weighted by atomic mass is 16.5. The van der Waals surface area contributed by atoms with Crippen molar-refractivity contribution in [2.75, 3.05) is 13.7 Å². The highest BCUT2D eigenvalue weighted by molar-refractivity contribution is 5.86. The molecule has 1 N–H and O–H groups in total. The molecule has 0 fully saturated rings. The summed E-state index contributed by atoms with van der Waals surface area (Å²) in [6, 6.07) is 5.46. The van der Waals surface area contributed by atoms with E-state index < -0.39 is 0 Å². The molecule has 0 bridgehead atoms. The van der Waals surface area contributed by atoms with E-state index in [1.165, 1.54) is 0 Å². The summed E-state index contributed by atoms with van der Waals surface area (Å²) in [5.41, 5.74) is 1.38. The van der Waals surface area contributed by atoms with Gasteiger partial charge in [0, 0.05) is 5.39 Å². The summed E-state index contributed by atoms with van der Waals surface area (Å²) in [4.78, 5) is 0. The van der Waals surface area contributed by atoms with Gasteiger partial charge in [0.15, 0.2) is 11.5 Å². The van der Waals surface area contributed by atoms with Gasteiger partial charge in [0.1, 0.15) is 11.4 Å². The van der Waals surface area contributed by atoms with Gasteiger partial charge in [-0.2, -0.15) is 0 Å². The lowest BCUT2D eigenvalue weighted by atomic mass is 10.1. The van der Waals surface area contributed by atoms with Gasteiger partial charge in [-0.25, -0.2) is 0 Å². The van der Waals surface area contributed by atoms with Crippen molar-refractivity contribution >= 4 is 16.9 Å². The Morgan fingerprint density at radius 3 is 3.00 bits per heavy atom. The Morgan fingerprint density at radius 1 is 1.47 bits per heavy atom. The van der Waals surface area contributed by atoms with Crippen LogP contribution in [0.15, 0.2) is 22.7 Å². The van der Waals surface area contributed by atoms with Gasteiger partial charge < -0.3 is 14.0 Å². The van der Waals surface area contributed by atoms with Crippen molar-refractivity contribution < 1.29 is 14.0 Å². The zero-order valence-corrected chi connectivity index (χ0v) is 9.82. The van der Waals surface area contributed by atoms with Crippen LogP contribution in [0, 0.1) is 5.41 Å². The minimum absolute atomic E-state index is 0.186. The summed E-state index contributed by atoms with van der Waals surface area (Å²) in [5, 5.41) is 12.4. The first kappa shape index (κ1) is 11.4. The van der Waals surface area contributed by atoms with Crippen LogP contribution in [-0.2, 0) is 11.2 Å². The Bertz CT molecular complexity index is 534. The van der Waals surface area contributed by atoms with Crippen molar-refractivity contribution in [2.45, 2.75) is 13.3 Å². The van der Waals surface area contributed by atoms with Crippen molar-refractivity contribution in [1.29, 1.82) is 5.41 Å². The summed E-state index contributed by atoms with van der Waals surface area (Å²) in [7, 11) is 1.61. The van der Waals surface area contributed by atoms with E-state index in [0.717, 1.165) is 11.1 Å². The van der Waals surface area contributed by atoms with E-state index in [9.17, 15) is 0 Å². The topological polar surface area (TPSA) is 68.3 Å². The molecular weight excluding hydrogens is 220 g/mol. The van der Waals surface area contributed by atoms with Crippen LogP contribution in [0.25, 0.3) is 11.0 Å². The lowest BCUT2D eigenvalue weighted by Gasteiger charge is -2.02. The number of nitrogens with one attached hydrogen (secondary N) is 1. The second-order valence-electron chi connectivity index (χ2n) is 3.52. The fourth-order valence-electron chi connectivity index (χ4n) is 1.60. The first-order valence-corrected chi connectivity index (χ1v) is 5.37. The van der Waals surface area contributed by atoms with Crippen LogP contribution in [-0.4, -0.2) is 24.8 Å². The summed E-state index contributed by atoms with van der Waals surface area (Å²) in [6.07, 6.45) is 0.327. The molecule has 2 rings (SSSR count). The van der Waals surface area contributed by atoms with Gasteiger partial charge in [0.2, 0.25) is 0 Å². The number of benzene rings is 1. The van der Waals surface area contributed by atoms with Gasteiger partial charge in [0.05, 0.1) is 20.1 Å². The molecule has 17 heavy (non-hydrogen) atoms. The van der Waals surface area contributed by atoms with Crippen molar-refractivity contribution in [2.24, 2.45) is 0 Å². The van der Waals surface area contributed by atoms with Gasteiger partial charge in [-0.05, 0) is 25.1 Å². The van der Waals surface area contributed by atoms with Crippen molar-refractivity contribution in [3.63, 3.8) is 0 Å². The SMILES string of the molecule is CCOC(=N)Cc1noc2ccc(OC)cc12. The van der Waals surface area contributed by atoms with Crippen LogP contribution < -0.4 is 4.74 Å². The van der Waals surface area contributed by atoms with E-state index in [2.05, 4.69) is 5.16 Å². The predicted octanol–water partition coefficient (Wildman–Crippen LogP) is 2.39. The van der Waals surface area contributed by atoms with E-state index in [-0.39, 0.29) is 5.90 Å². The molecule has 1 heterocycles. The second kappa shape index (κ2) is 4.86. The maximum absolute atomic E-state index is 7.60.